The molecule has 0 saturated heterocycles. The van der Waals surface area contributed by atoms with Crippen LogP contribution in [-0.2, 0) is 0 Å². The van der Waals surface area contributed by atoms with Crippen molar-refractivity contribution in [3.63, 3.8) is 0 Å². The van der Waals surface area contributed by atoms with E-state index in [1.807, 2.05) is 30.6 Å². The monoisotopic (exact) mass is 450 g/mol. The lowest BCUT2D eigenvalue weighted by molar-refractivity contribution is 0.182. The van der Waals surface area contributed by atoms with Crippen molar-refractivity contribution in [1.82, 2.24) is 24.4 Å². The first-order valence-electron chi connectivity index (χ1n) is 12.4. The molecule has 0 bridgehead atoms. The fourth-order valence-electron chi connectivity index (χ4n) is 4.95. The number of ether oxygens (including phenoxy) is 1. The van der Waals surface area contributed by atoms with Crippen LogP contribution in [0.15, 0.2) is 30.6 Å². The minimum Gasteiger partial charge on any atom is -0.497 e. The predicted molar refractivity (Wildman–Crippen MR) is 135 cm³/mol. The Balaban J connectivity index is 1.68. The molecule has 0 atom stereocenters. The molecule has 1 N–H and O–H groups in total. The van der Waals surface area contributed by atoms with E-state index >= 15 is 0 Å². The van der Waals surface area contributed by atoms with E-state index in [1.54, 1.807) is 7.11 Å². The molecule has 1 aliphatic rings. The number of anilines is 1. The quantitative estimate of drug-likeness (QED) is 0.462. The van der Waals surface area contributed by atoms with Gasteiger partial charge in [-0.2, -0.15) is 0 Å². The first kappa shape index (κ1) is 23.5. The van der Waals surface area contributed by atoms with Crippen LogP contribution in [0.4, 0.5) is 5.82 Å². The second-order valence-corrected chi connectivity index (χ2v) is 9.59. The molecule has 0 unspecified atom stereocenters. The van der Waals surface area contributed by atoms with Crippen LogP contribution in [0.5, 0.6) is 5.75 Å². The minimum absolute atomic E-state index is 0.465. The van der Waals surface area contributed by atoms with Crippen LogP contribution >= 0.6 is 0 Å². The fraction of sp³-hybridized carbons (Fsp3) is 0.577. The normalized spacial score (nSPS) is 15.2. The van der Waals surface area contributed by atoms with Gasteiger partial charge in [0.1, 0.15) is 11.3 Å². The van der Waals surface area contributed by atoms with E-state index in [0.29, 0.717) is 18.1 Å². The van der Waals surface area contributed by atoms with Crippen molar-refractivity contribution < 1.29 is 4.74 Å². The first-order valence-corrected chi connectivity index (χ1v) is 12.4. The number of imidazole rings is 1. The SMILES string of the molecule is COc1ccc(-c2nc(NCCN(C(C)C)C(C)C)c3ncn(C4CCCCC4)c3n2)cc1. The van der Waals surface area contributed by atoms with Gasteiger partial charge in [-0.05, 0) is 64.8 Å². The Morgan fingerprint density at radius 1 is 1.03 bits per heavy atom. The molecule has 1 aliphatic carbocycles. The van der Waals surface area contributed by atoms with Gasteiger partial charge in [0, 0.05) is 36.8 Å². The number of rotatable bonds is 9. The number of nitrogens with one attached hydrogen (secondary N) is 1. The van der Waals surface area contributed by atoms with Gasteiger partial charge < -0.3 is 14.6 Å². The molecule has 2 heterocycles. The molecule has 4 rings (SSSR count). The standard InChI is InChI=1S/C26H38N6O/c1-18(2)31(19(3)4)16-15-27-25-23-26(32(17-28-23)21-9-7-6-8-10-21)30-24(29-25)20-11-13-22(33-5)14-12-20/h11-14,17-19,21H,6-10,15-16H2,1-5H3,(H,27,29,30). The lowest BCUT2D eigenvalue weighted by Gasteiger charge is -2.30. The summed E-state index contributed by atoms with van der Waals surface area (Å²) in [6.07, 6.45) is 8.21. The van der Waals surface area contributed by atoms with Crippen molar-refractivity contribution in [2.45, 2.75) is 77.9 Å². The number of hydrogen-bond donors (Lipinski definition) is 1. The molecule has 2 aromatic heterocycles. The van der Waals surface area contributed by atoms with Gasteiger partial charge in [0.25, 0.3) is 0 Å². The van der Waals surface area contributed by atoms with Crippen molar-refractivity contribution in [1.29, 1.82) is 0 Å². The summed E-state index contributed by atoms with van der Waals surface area (Å²) < 4.78 is 7.61. The zero-order valence-electron chi connectivity index (χ0n) is 20.7. The predicted octanol–water partition coefficient (Wildman–Crippen LogP) is 5.54. The van der Waals surface area contributed by atoms with E-state index in [-0.39, 0.29) is 0 Å². The number of aromatic nitrogens is 4. The smallest absolute Gasteiger partial charge is 0.166 e. The summed E-state index contributed by atoms with van der Waals surface area (Å²) >= 11 is 0. The molecular formula is C26H38N6O. The molecular weight excluding hydrogens is 412 g/mol. The lowest BCUT2D eigenvalue weighted by Crippen LogP contribution is -2.40. The van der Waals surface area contributed by atoms with Crippen molar-refractivity contribution in [2.24, 2.45) is 0 Å². The third kappa shape index (κ3) is 5.29. The van der Waals surface area contributed by atoms with Gasteiger partial charge in [-0.3, -0.25) is 4.90 Å². The van der Waals surface area contributed by atoms with Crippen LogP contribution in [0.2, 0.25) is 0 Å². The summed E-state index contributed by atoms with van der Waals surface area (Å²) in [5.41, 5.74) is 2.76. The fourth-order valence-corrected chi connectivity index (χ4v) is 4.95. The largest absolute Gasteiger partial charge is 0.497 e. The Morgan fingerprint density at radius 2 is 1.73 bits per heavy atom. The van der Waals surface area contributed by atoms with E-state index < -0.39 is 0 Å². The summed E-state index contributed by atoms with van der Waals surface area (Å²) in [5, 5.41) is 3.58. The van der Waals surface area contributed by atoms with Crippen LogP contribution < -0.4 is 10.1 Å². The van der Waals surface area contributed by atoms with Crippen LogP contribution in [-0.4, -0.2) is 56.7 Å². The molecule has 0 spiro atoms. The highest BCUT2D eigenvalue weighted by Gasteiger charge is 2.21. The summed E-state index contributed by atoms with van der Waals surface area (Å²) in [4.78, 5) is 17.2. The summed E-state index contributed by atoms with van der Waals surface area (Å²) in [5.74, 6) is 2.36. The highest BCUT2D eigenvalue weighted by Crippen LogP contribution is 2.32. The van der Waals surface area contributed by atoms with E-state index in [0.717, 1.165) is 47.2 Å². The van der Waals surface area contributed by atoms with Crippen LogP contribution in [0.3, 0.4) is 0 Å². The number of nitrogens with zero attached hydrogens (tertiary/aromatic N) is 5. The molecule has 0 amide bonds. The van der Waals surface area contributed by atoms with Crippen molar-refractivity contribution >= 4 is 17.0 Å². The van der Waals surface area contributed by atoms with Gasteiger partial charge in [0.2, 0.25) is 0 Å². The lowest BCUT2D eigenvalue weighted by atomic mass is 9.95. The molecule has 178 valence electrons. The maximum Gasteiger partial charge on any atom is 0.166 e. The zero-order chi connectivity index (χ0) is 23.4. The molecule has 7 nitrogen and oxygen atoms in total. The average molecular weight is 451 g/mol. The molecule has 3 aromatic rings. The molecule has 1 fully saturated rings. The maximum absolute atomic E-state index is 5.33. The molecule has 0 aliphatic heterocycles. The zero-order valence-corrected chi connectivity index (χ0v) is 20.7. The Labute approximate surface area is 197 Å². The Morgan fingerprint density at radius 3 is 2.36 bits per heavy atom. The Hall–Kier alpha value is -2.67. The minimum atomic E-state index is 0.465. The van der Waals surface area contributed by atoms with E-state index in [2.05, 4.69) is 42.5 Å². The van der Waals surface area contributed by atoms with Gasteiger partial charge in [-0.15, -0.1) is 0 Å². The van der Waals surface area contributed by atoms with Crippen molar-refractivity contribution in [2.75, 3.05) is 25.5 Å². The van der Waals surface area contributed by atoms with Gasteiger partial charge >= 0.3 is 0 Å². The third-order valence-electron chi connectivity index (χ3n) is 6.73. The summed E-state index contributed by atoms with van der Waals surface area (Å²) in [7, 11) is 1.68. The second-order valence-electron chi connectivity index (χ2n) is 9.59. The second kappa shape index (κ2) is 10.5. The molecule has 33 heavy (non-hydrogen) atoms. The Kier molecular flexibility index (Phi) is 7.48. The topological polar surface area (TPSA) is 68.1 Å². The summed E-state index contributed by atoms with van der Waals surface area (Å²) in [6.45, 7) is 10.7. The number of hydrogen-bond acceptors (Lipinski definition) is 6. The van der Waals surface area contributed by atoms with Crippen LogP contribution in [0, 0.1) is 0 Å². The van der Waals surface area contributed by atoms with Gasteiger partial charge in [-0.25, -0.2) is 15.0 Å². The first-order chi connectivity index (χ1) is 16.0. The van der Waals surface area contributed by atoms with Gasteiger partial charge in [0.15, 0.2) is 17.3 Å². The van der Waals surface area contributed by atoms with Gasteiger partial charge in [0.05, 0.1) is 13.4 Å². The number of fused-ring (bicyclic) bond motifs is 1. The Bertz CT molecular complexity index is 1030. The van der Waals surface area contributed by atoms with Crippen LogP contribution in [0.25, 0.3) is 22.6 Å². The van der Waals surface area contributed by atoms with Gasteiger partial charge in [-0.1, -0.05) is 19.3 Å². The summed E-state index contributed by atoms with van der Waals surface area (Å²) in [6, 6.07) is 9.41. The average Bonchev–Trinajstić information content (AvgIpc) is 3.26. The molecule has 1 saturated carbocycles. The highest BCUT2D eigenvalue weighted by atomic mass is 16.5. The van der Waals surface area contributed by atoms with E-state index in [4.69, 9.17) is 19.7 Å². The third-order valence-corrected chi connectivity index (χ3v) is 6.73. The van der Waals surface area contributed by atoms with Crippen molar-refractivity contribution in [3.05, 3.63) is 30.6 Å². The van der Waals surface area contributed by atoms with Crippen LogP contribution in [0.1, 0.15) is 65.8 Å². The number of benzene rings is 1. The number of methoxy groups -OCH3 is 1. The maximum atomic E-state index is 5.33. The molecule has 7 heteroatoms. The van der Waals surface area contributed by atoms with E-state index in [1.165, 1.54) is 32.1 Å². The van der Waals surface area contributed by atoms with E-state index in [9.17, 15) is 0 Å². The highest BCUT2D eigenvalue weighted by molar-refractivity contribution is 5.85. The van der Waals surface area contributed by atoms with Crippen molar-refractivity contribution in [3.8, 4) is 17.1 Å². The molecule has 1 aromatic carbocycles. The molecule has 0 radical (unpaired) electrons.